The second kappa shape index (κ2) is 8.15. The van der Waals surface area contributed by atoms with Gasteiger partial charge in [0.15, 0.2) is 0 Å². The summed E-state index contributed by atoms with van der Waals surface area (Å²) in [4.78, 5) is 18.7. The zero-order chi connectivity index (χ0) is 23.0. The molecule has 0 aliphatic rings. The number of aromatic nitrogens is 3. The normalized spacial score (nSPS) is 13.4. The van der Waals surface area contributed by atoms with Gasteiger partial charge in [-0.2, -0.15) is 13.2 Å². The first kappa shape index (κ1) is 22.5. The number of alkyl halides is 3. The number of hydrogen-bond donors (Lipinski definition) is 1. The maximum atomic E-state index is 12.6. The smallest absolute Gasteiger partial charge is 0.382 e. The highest BCUT2D eigenvalue weighted by Gasteiger charge is 2.30. The van der Waals surface area contributed by atoms with Gasteiger partial charge in [-0.15, -0.1) is 5.10 Å². The summed E-state index contributed by atoms with van der Waals surface area (Å²) < 4.78 is 63.6. The van der Waals surface area contributed by atoms with Crippen LogP contribution in [0.4, 0.5) is 18.9 Å². The van der Waals surface area contributed by atoms with Crippen molar-refractivity contribution in [2.45, 2.75) is 24.1 Å². The number of halogens is 3. The molecule has 1 heterocycles. The van der Waals surface area contributed by atoms with Gasteiger partial charge in [0.1, 0.15) is 11.0 Å². The standard InChI is InChI=1S/C18H18F3N5O4S/c1-11(17(27)22-13-6-4-12(5-7-13)18(19,20)21)30-26-16-10-14(31(28,29)25(2)3)8-9-15(16)23-24-26/h4-11H,1-3H3,(H,22,27). The number of nitrogens with one attached hydrogen (secondary N) is 1. The van der Waals surface area contributed by atoms with Crippen molar-refractivity contribution in [3.63, 3.8) is 0 Å². The molecule has 1 unspecified atom stereocenters. The SMILES string of the molecule is CC(On1nnc2ccc(S(=O)(=O)N(C)C)cc21)C(=O)Nc1ccc(C(F)(F)F)cc1. The van der Waals surface area contributed by atoms with Crippen LogP contribution in [0.3, 0.4) is 0 Å². The summed E-state index contributed by atoms with van der Waals surface area (Å²) in [6, 6.07) is 8.07. The molecular weight excluding hydrogens is 439 g/mol. The highest BCUT2D eigenvalue weighted by molar-refractivity contribution is 7.89. The van der Waals surface area contributed by atoms with Gasteiger partial charge in [0.2, 0.25) is 16.1 Å². The van der Waals surface area contributed by atoms with Crippen molar-refractivity contribution in [1.29, 1.82) is 0 Å². The number of anilines is 1. The summed E-state index contributed by atoms with van der Waals surface area (Å²) in [6.45, 7) is 1.40. The summed E-state index contributed by atoms with van der Waals surface area (Å²) in [5.74, 6) is -0.652. The first-order valence-electron chi connectivity index (χ1n) is 8.83. The molecule has 0 saturated heterocycles. The molecule has 1 N–H and O–H groups in total. The maximum absolute atomic E-state index is 12.6. The molecule has 9 nitrogen and oxygen atoms in total. The van der Waals surface area contributed by atoms with Crippen molar-refractivity contribution in [2.75, 3.05) is 19.4 Å². The molecule has 166 valence electrons. The lowest BCUT2D eigenvalue weighted by Gasteiger charge is -2.15. The molecule has 0 saturated carbocycles. The number of fused-ring (bicyclic) bond motifs is 1. The van der Waals surface area contributed by atoms with Crippen molar-refractivity contribution in [2.24, 2.45) is 0 Å². The molecular formula is C18H18F3N5O4S. The van der Waals surface area contributed by atoms with E-state index in [1.807, 2.05) is 0 Å². The van der Waals surface area contributed by atoms with Gasteiger partial charge >= 0.3 is 6.18 Å². The summed E-state index contributed by atoms with van der Waals surface area (Å²) in [5, 5.41) is 10.1. The first-order valence-corrected chi connectivity index (χ1v) is 10.3. The Kier molecular flexibility index (Phi) is 5.91. The lowest BCUT2D eigenvalue weighted by Crippen LogP contribution is -2.35. The highest BCUT2D eigenvalue weighted by atomic mass is 32.2. The van der Waals surface area contributed by atoms with E-state index < -0.39 is 33.8 Å². The monoisotopic (exact) mass is 457 g/mol. The minimum absolute atomic E-state index is 0.0148. The molecule has 0 radical (unpaired) electrons. The van der Waals surface area contributed by atoms with Gasteiger partial charge in [0.25, 0.3) is 5.91 Å². The number of benzene rings is 2. The van der Waals surface area contributed by atoms with Crippen LogP contribution in [0.2, 0.25) is 0 Å². The Balaban J connectivity index is 1.76. The topological polar surface area (TPSA) is 106 Å². The molecule has 3 rings (SSSR count). The molecule has 3 aromatic rings. The number of nitrogens with zero attached hydrogens (tertiary/aromatic N) is 4. The van der Waals surface area contributed by atoms with E-state index in [-0.39, 0.29) is 16.1 Å². The maximum Gasteiger partial charge on any atom is 0.416 e. The van der Waals surface area contributed by atoms with Gasteiger partial charge in [-0.3, -0.25) is 4.79 Å². The van der Waals surface area contributed by atoms with E-state index in [2.05, 4.69) is 15.6 Å². The van der Waals surface area contributed by atoms with E-state index in [0.29, 0.717) is 5.52 Å². The average Bonchev–Trinajstić information content (AvgIpc) is 3.09. The highest BCUT2D eigenvalue weighted by Crippen LogP contribution is 2.29. The Morgan fingerprint density at radius 2 is 1.81 bits per heavy atom. The number of amides is 1. The number of carbonyl (C=O) groups is 1. The third-order valence-electron chi connectivity index (χ3n) is 4.27. The molecule has 0 aliphatic carbocycles. The Bertz CT molecular complexity index is 1210. The van der Waals surface area contributed by atoms with E-state index in [1.165, 1.54) is 39.2 Å². The van der Waals surface area contributed by atoms with Crippen LogP contribution in [-0.2, 0) is 21.0 Å². The fraction of sp³-hybridized carbons (Fsp3) is 0.278. The Labute approximate surface area is 175 Å². The van der Waals surface area contributed by atoms with Crippen LogP contribution >= 0.6 is 0 Å². The first-order chi connectivity index (χ1) is 14.4. The third-order valence-corrected chi connectivity index (χ3v) is 6.08. The predicted octanol–water partition coefficient (Wildman–Crippen LogP) is 2.16. The van der Waals surface area contributed by atoms with Crippen LogP contribution in [0.5, 0.6) is 0 Å². The number of rotatable bonds is 6. The zero-order valence-corrected chi connectivity index (χ0v) is 17.4. The van der Waals surface area contributed by atoms with Gasteiger partial charge in [0, 0.05) is 19.8 Å². The molecule has 1 amide bonds. The summed E-state index contributed by atoms with van der Waals surface area (Å²) >= 11 is 0. The van der Waals surface area contributed by atoms with Crippen molar-refractivity contribution in [3.05, 3.63) is 48.0 Å². The number of sulfonamides is 1. The molecule has 0 bridgehead atoms. The van der Waals surface area contributed by atoms with E-state index >= 15 is 0 Å². The molecule has 2 aromatic carbocycles. The Morgan fingerprint density at radius 3 is 2.39 bits per heavy atom. The number of hydrogen-bond acceptors (Lipinski definition) is 6. The van der Waals surface area contributed by atoms with Gasteiger partial charge in [-0.05, 0) is 54.6 Å². The summed E-state index contributed by atoms with van der Waals surface area (Å²) in [5.41, 5.74) is -0.131. The van der Waals surface area contributed by atoms with Crippen molar-refractivity contribution >= 4 is 32.7 Å². The third kappa shape index (κ3) is 4.77. The average molecular weight is 457 g/mol. The quantitative estimate of drug-likeness (QED) is 0.608. The van der Waals surface area contributed by atoms with Gasteiger partial charge < -0.3 is 10.2 Å². The molecule has 0 fully saturated rings. The second-order valence-electron chi connectivity index (χ2n) is 6.71. The lowest BCUT2D eigenvalue weighted by atomic mass is 10.2. The van der Waals surface area contributed by atoms with Crippen molar-refractivity contribution in [3.8, 4) is 0 Å². The lowest BCUT2D eigenvalue weighted by molar-refractivity contribution is -0.137. The zero-order valence-electron chi connectivity index (χ0n) is 16.6. The van der Waals surface area contributed by atoms with Crippen LogP contribution in [0.1, 0.15) is 12.5 Å². The van der Waals surface area contributed by atoms with Crippen LogP contribution in [-0.4, -0.2) is 54.0 Å². The minimum atomic E-state index is -4.48. The largest absolute Gasteiger partial charge is 0.416 e. The van der Waals surface area contributed by atoms with E-state index in [4.69, 9.17) is 4.84 Å². The van der Waals surface area contributed by atoms with Gasteiger partial charge in [0.05, 0.1) is 10.5 Å². The molecule has 1 atom stereocenters. The second-order valence-corrected chi connectivity index (χ2v) is 8.86. The molecule has 13 heteroatoms. The summed E-state index contributed by atoms with van der Waals surface area (Å²) in [7, 11) is -0.937. The van der Waals surface area contributed by atoms with E-state index in [0.717, 1.165) is 33.4 Å². The van der Waals surface area contributed by atoms with Crippen LogP contribution in [0.15, 0.2) is 47.4 Å². The molecule has 31 heavy (non-hydrogen) atoms. The minimum Gasteiger partial charge on any atom is -0.382 e. The fourth-order valence-corrected chi connectivity index (χ4v) is 3.43. The van der Waals surface area contributed by atoms with E-state index in [9.17, 15) is 26.4 Å². The van der Waals surface area contributed by atoms with Gasteiger partial charge in [-0.1, -0.05) is 4.85 Å². The van der Waals surface area contributed by atoms with Crippen LogP contribution in [0.25, 0.3) is 11.0 Å². The van der Waals surface area contributed by atoms with Crippen LogP contribution in [0, 0.1) is 0 Å². The van der Waals surface area contributed by atoms with Gasteiger partial charge in [-0.25, -0.2) is 12.7 Å². The molecule has 0 aliphatic heterocycles. The Morgan fingerprint density at radius 1 is 1.16 bits per heavy atom. The van der Waals surface area contributed by atoms with Crippen molar-refractivity contribution < 1.29 is 31.2 Å². The molecule has 1 aromatic heterocycles. The van der Waals surface area contributed by atoms with Crippen LogP contribution < -0.4 is 10.2 Å². The fourth-order valence-electron chi connectivity index (χ4n) is 2.51. The molecule has 0 spiro atoms. The summed E-state index contributed by atoms with van der Waals surface area (Å²) in [6.07, 6.45) is -5.60. The number of carbonyl (C=O) groups excluding carboxylic acids is 1. The van der Waals surface area contributed by atoms with Crippen molar-refractivity contribution in [1.82, 2.24) is 19.5 Å². The Hall–Kier alpha value is -3.19. The predicted molar refractivity (Wildman–Crippen MR) is 105 cm³/mol. The van der Waals surface area contributed by atoms with E-state index in [1.54, 1.807) is 0 Å².